The molecule has 0 aliphatic carbocycles. The highest BCUT2D eigenvalue weighted by atomic mass is 16.5. The van der Waals surface area contributed by atoms with E-state index in [0.717, 1.165) is 0 Å². The Morgan fingerprint density at radius 2 is 2.06 bits per heavy atom. The Morgan fingerprint density at radius 3 is 2.59 bits per heavy atom. The summed E-state index contributed by atoms with van der Waals surface area (Å²) in [6.45, 7) is 0. The summed E-state index contributed by atoms with van der Waals surface area (Å²) in [5, 5.41) is 5.08. The maximum Gasteiger partial charge on any atom is 0.333 e. The van der Waals surface area contributed by atoms with Gasteiger partial charge in [0.15, 0.2) is 6.04 Å². The molecule has 0 fully saturated rings. The van der Waals surface area contributed by atoms with Gasteiger partial charge in [-0.05, 0) is 11.1 Å². The second-order valence-corrected chi connectivity index (χ2v) is 3.01. The highest BCUT2D eigenvalue weighted by Gasteiger charge is 2.22. The third-order valence-electron chi connectivity index (χ3n) is 1.97. The maximum absolute atomic E-state index is 11.5. The van der Waals surface area contributed by atoms with E-state index in [2.05, 4.69) is 20.1 Å². The zero-order chi connectivity index (χ0) is 12.7. The number of hydrogen-bond acceptors (Lipinski definition) is 3. The van der Waals surface area contributed by atoms with Gasteiger partial charge >= 0.3 is 12.0 Å². The van der Waals surface area contributed by atoms with Crippen molar-refractivity contribution in [2.24, 2.45) is 5.11 Å². The summed E-state index contributed by atoms with van der Waals surface area (Å²) in [7, 11) is 1.21. The summed E-state index contributed by atoms with van der Waals surface area (Å²) in [5.41, 5.74) is 8.64. The van der Waals surface area contributed by atoms with Gasteiger partial charge in [-0.25, -0.2) is 4.79 Å². The van der Waals surface area contributed by atoms with Gasteiger partial charge in [0.2, 0.25) is 0 Å². The maximum atomic E-state index is 11.5. The highest BCUT2D eigenvalue weighted by Crippen LogP contribution is 2.14. The molecule has 1 aromatic rings. The average molecular weight is 234 g/mol. The van der Waals surface area contributed by atoms with Crippen molar-refractivity contribution < 1.29 is 14.3 Å². The van der Waals surface area contributed by atoms with Crippen LogP contribution in [0.5, 0.6) is 0 Å². The smallest absolute Gasteiger partial charge is 0.333 e. The fraction of sp³-hybridized carbons (Fsp3) is 0.200. The molecular weight excluding hydrogens is 224 g/mol. The number of urea groups is 1. The highest BCUT2D eigenvalue weighted by molar-refractivity contribution is 5.84. The standard InChI is InChI=1S/C10H10N4O3/c1-17-9(15)8(12-10(16)13-14-11)7-5-3-2-4-6-7/h2-6,8H,1H3,(H,12,16)/t8-/m1/s1. The number of nitrogens with zero attached hydrogens (tertiary/aromatic N) is 3. The van der Waals surface area contributed by atoms with Gasteiger partial charge in [-0.2, -0.15) is 0 Å². The number of hydrogen-bond donors (Lipinski definition) is 1. The lowest BCUT2D eigenvalue weighted by atomic mass is 10.1. The molecule has 0 aliphatic heterocycles. The van der Waals surface area contributed by atoms with E-state index in [1.807, 2.05) is 0 Å². The van der Waals surface area contributed by atoms with Crippen molar-refractivity contribution in [3.8, 4) is 0 Å². The average Bonchev–Trinajstić information content (AvgIpc) is 2.36. The quantitative estimate of drug-likeness (QED) is 0.373. The number of amides is 2. The van der Waals surface area contributed by atoms with E-state index >= 15 is 0 Å². The SMILES string of the molecule is COC(=O)[C@H](NC(=O)N=[N+]=[N-])c1ccccc1. The lowest BCUT2D eigenvalue weighted by Gasteiger charge is -2.15. The number of carbonyl (C=O) groups excluding carboxylic acids is 2. The molecule has 2 amide bonds. The lowest BCUT2D eigenvalue weighted by Crippen LogP contribution is -2.32. The number of benzene rings is 1. The first kappa shape index (κ1) is 12.5. The van der Waals surface area contributed by atoms with Crippen LogP contribution in [0.4, 0.5) is 4.79 Å². The Labute approximate surface area is 97.0 Å². The Bertz CT molecular complexity index is 454. The van der Waals surface area contributed by atoms with E-state index in [4.69, 9.17) is 5.53 Å². The van der Waals surface area contributed by atoms with Gasteiger partial charge in [0.1, 0.15) is 0 Å². The first-order valence-corrected chi connectivity index (χ1v) is 4.67. The van der Waals surface area contributed by atoms with E-state index in [1.54, 1.807) is 30.3 Å². The van der Waals surface area contributed by atoms with E-state index < -0.39 is 18.0 Å². The molecule has 0 bridgehead atoms. The topological polar surface area (TPSA) is 104 Å². The minimum Gasteiger partial charge on any atom is -0.467 e. The molecule has 0 radical (unpaired) electrons. The predicted octanol–water partition coefficient (Wildman–Crippen LogP) is 1.92. The summed E-state index contributed by atoms with van der Waals surface area (Å²) in [4.78, 5) is 24.9. The first-order valence-electron chi connectivity index (χ1n) is 4.67. The second-order valence-electron chi connectivity index (χ2n) is 3.01. The zero-order valence-electron chi connectivity index (χ0n) is 9.03. The van der Waals surface area contributed by atoms with Crippen molar-refractivity contribution in [1.82, 2.24) is 5.32 Å². The molecule has 0 saturated carbocycles. The Balaban J connectivity index is 2.93. The van der Waals surface area contributed by atoms with Gasteiger partial charge in [0.25, 0.3) is 0 Å². The van der Waals surface area contributed by atoms with Gasteiger partial charge < -0.3 is 10.1 Å². The number of azide groups is 1. The van der Waals surface area contributed by atoms with Crippen molar-refractivity contribution in [3.05, 3.63) is 46.3 Å². The summed E-state index contributed by atoms with van der Waals surface area (Å²) in [6, 6.07) is 6.57. The number of methoxy groups -OCH3 is 1. The summed E-state index contributed by atoms with van der Waals surface area (Å²) < 4.78 is 4.56. The number of ether oxygens (including phenoxy) is 1. The Morgan fingerprint density at radius 1 is 1.41 bits per heavy atom. The fourth-order valence-corrected chi connectivity index (χ4v) is 1.23. The number of rotatable bonds is 3. The molecule has 0 unspecified atom stereocenters. The van der Waals surface area contributed by atoms with Crippen LogP contribution in [0.2, 0.25) is 0 Å². The van der Waals surface area contributed by atoms with E-state index in [1.165, 1.54) is 7.11 Å². The minimum absolute atomic E-state index is 0.542. The molecule has 1 aromatic carbocycles. The van der Waals surface area contributed by atoms with Gasteiger partial charge in [0, 0.05) is 10.0 Å². The van der Waals surface area contributed by atoms with Crippen LogP contribution in [0.15, 0.2) is 35.4 Å². The van der Waals surface area contributed by atoms with E-state index in [-0.39, 0.29) is 0 Å². The zero-order valence-corrected chi connectivity index (χ0v) is 9.03. The number of nitrogens with one attached hydrogen (secondary N) is 1. The molecule has 88 valence electrons. The van der Waals surface area contributed by atoms with Crippen LogP contribution in [0.25, 0.3) is 10.4 Å². The Kier molecular flexibility index (Phi) is 4.53. The van der Waals surface area contributed by atoms with Crippen LogP contribution in [0, 0.1) is 0 Å². The minimum atomic E-state index is -0.987. The first-order chi connectivity index (χ1) is 8.19. The van der Waals surface area contributed by atoms with Crippen LogP contribution >= 0.6 is 0 Å². The van der Waals surface area contributed by atoms with Crippen LogP contribution < -0.4 is 5.32 Å². The van der Waals surface area contributed by atoms with E-state index in [9.17, 15) is 9.59 Å². The van der Waals surface area contributed by atoms with Crippen molar-refractivity contribution >= 4 is 12.0 Å². The predicted molar refractivity (Wildman–Crippen MR) is 58.9 cm³/mol. The van der Waals surface area contributed by atoms with Gasteiger partial charge in [0.05, 0.1) is 7.11 Å². The molecular formula is C10H10N4O3. The summed E-state index contributed by atoms with van der Waals surface area (Å²) in [6.07, 6.45) is 0. The van der Waals surface area contributed by atoms with Gasteiger partial charge in [-0.1, -0.05) is 30.3 Å². The van der Waals surface area contributed by atoms with Gasteiger partial charge in [-0.15, -0.1) is 0 Å². The molecule has 17 heavy (non-hydrogen) atoms. The normalized spacial score (nSPS) is 10.9. The third-order valence-corrected chi connectivity index (χ3v) is 1.97. The molecule has 7 heteroatoms. The molecule has 0 aliphatic rings. The second kappa shape index (κ2) is 6.14. The van der Waals surface area contributed by atoms with Crippen LogP contribution in [-0.2, 0) is 9.53 Å². The lowest BCUT2D eigenvalue weighted by molar-refractivity contribution is -0.143. The summed E-state index contributed by atoms with van der Waals surface area (Å²) >= 11 is 0. The molecule has 7 nitrogen and oxygen atoms in total. The summed E-state index contributed by atoms with van der Waals surface area (Å²) in [5.74, 6) is -0.641. The van der Waals surface area contributed by atoms with Crippen LogP contribution in [0.3, 0.4) is 0 Å². The molecule has 1 atom stereocenters. The Hall–Kier alpha value is -2.53. The molecule has 1 N–H and O–H groups in total. The fourth-order valence-electron chi connectivity index (χ4n) is 1.23. The molecule has 0 heterocycles. The van der Waals surface area contributed by atoms with Crippen molar-refractivity contribution in [2.75, 3.05) is 7.11 Å². The van der Waals surface area contributed by atoms with Crippen LogP contribution in [0.1, 0.15) is 11.6 Å². The molecule has 1 rings (SSSR count). The monoisotopic (exact) mass is 234 g/mol. The van der Waals surface area contributed by atoms with Gasteiger partial charge in [-0.3, -0.25) is 4.79 Å². The van der Waals surface area contributed by atoms with E-state index in [0.29, 0.717) is 5.56 Å². The molecule has 0 spiro atoms. The van der Waals surface area contributed by atoms with Crippen LogP contribution in [-0.4, -0.2) is 19.1 Å². The molecule has 0 aromatic heterocycles. The van der Waals surface area contributed by atoms with Crippen molar-refractivity contribution in [2.45, 2.75) is 6.04 Å². The van der Waals surface area contributed by atoms with Crippen molar-refractivity contribution in [1.29, 1.82) is 0 Å². The third kappa shape index (κ3) is 3.51. The number of esters is 1. The molecule has 0 saturated heterocycles. The number of carbonyl (C=O) groups is 2. The van der Waals surface area contributed by atoms with Crippen molar-refractivity contribution in [3.63, 3.8) is 0 Å². The largest absolute Gasteiger partial charge is 0.467 e.